The van der Waals surface area contributed by atoms with Gasteiger partial charge in [-0.2, -0.15) is 0 Å². The van der Waals surface area contributed by atoms with Gasteiger partial charge in [0.25, 0.3) is 0 Å². The second kappa shape index (κ2) is 8.62. The van der Waals surface area contributed by atoms with Gasteiger partial charge in [0.2, 0.25) is 5.91 Å². The van der Waals surface area contributed by atoms with Crippen molar-refractivity contribution in [3.63, 3.8) is 0 Å². The summed E-state index contributed by atoms with van der Waals surface area (Å²) in [5.74, 6) is 0.938. The molecule has 0 aliphatic heterocycles. The molecule has 0 radical (unpaired) electrons. The molecule has 2 aromatic carbocycles. The molecule has 0 bridgehead atoms. The second-order valence-corrected chi connectivity index (χ2v) is 5.63. The first-order chi connectivity index (χ1) is 11.5. The fourth-order valence-corrected chi connectivity index (χ4v) is 2.66. The third-order valence-corrected chi connectivity index (χ3v) is 3.59. The summed E-state index contributed by atoms with van der Waals surface area (Å²) >= 11 is 12.0. The van der Waals surface area contributed by atoms with E-state index in [9.17, 15) is 4.79 Å². The lowest BCUT2D eigenvalue weighted by Crippen LogP contribution is -2.07. The topological polar surface area (TPSA) is 47.6 Å². The molecular formula is C18H17Cl2NO3. The SMILES string of the molecule is CCOc1ccc(NC(=O)/C=C/c2cc(Cl)cc(Cl)c2OC)cc1. The van der Waals surface area contributed by atoms with Gasteiger partial charge in [-0.05, 0) is 49.4 Å². The van der Waals surface area contributed by atoms with Crippen LogP contribution in [0.25, 0.3) is 6.08 Å². The summed E-state index contributed by atoms with van der Waals surface area (Å²) in [5, 5.41) is 3.61. The van der Waals surface area contributed by atoms with Gasteiger partial charge in [-0.15, -0.1) is 0 Å². The molecule has 126 valence electrons. The van der Waals surface area contributed by atoms with Gasteiger partial charge >= 0.3 is 0 Å². The Morgan fingerprint density at radius 3 is 2.54 bits per heavy atom. The van der Waals surface area contributed by atoms with Crippen LogP contribution in [0.3, 0.4) is 0 Å². The first-order valence-corrected chi connectivity index (χ1v) is 8.04. The predicted molar refractivity (Wildman–Crippen MR) is 98.3 cm³/mol. The average Bonchev–Trinajstić information content (AvgIpc) is 2.54. The van der Waals surface area contributed by atoms with Gasteiger partial charge in [0.15, 0.2) is 0 Å². The molecule has 0 fully saturated rings. The zero-order valence-corrected chi connectivity index (χ0v) is 14.8. The number of rotatable bonds is 6. The Hall–Kier alpha value is -2.17. The van der Waals surface area contributed by atoms with E-state index in [4.69, 9.17) is 32.7 Å². The van der Waals surface area contributed by atoms with E-state index in [0.29, 0.717) is 33.7 Å². The Morgan fingerprint density at radius 1 is 1.21 bits per heavy atom. The Labute approximate surface area is 151 Å². The fraction of sp³-hybridized carbons (Fsp3) is 0.167. The van der Waals surface area contributed by atoms with E-state index in [1.165, 1.54) is 13.2 Å². The smallest absolute Gasteiger partial charge is 0.248 e. The third-order valence-electron chi connectivity index (χ3n) is 3.09. The van der Waals surface area contributed by atoms with Crippen molar-refractivity contribution in [2.75, 3.05) is 19.0 Å². The van der Waals surface area contributed by atoms with Crippen LogP contribution in [-0.2, 0) is 4.79 Å². The van der Waals surface area contributed by atoms with E-state index in [-0.39, 0.29) is 5.91 Å². The number of benzene rings is 2. The minimum Gasteiger partial charge on any atom is -0.495 e. The molecule has 6 heteroatoms. The van der Waals surface area contributed by atoms with Crippen molar-refractivity contribution in [2.45, 2.75) is 6.92 Å². The number of methoxy groups -OCH3 is 1. The molecule has 0 aliphatic carbocycles. The number of halogens is 2. The summed E-state index contributed by atoms with van der Waals surface area (Å²) < 4.78 is 10.6. The van der Waals surface area contributed by atoms with Crippen LogP contribution < -0.4 is 14.8 Å². The van der Waals surface area contributed by atoms with Gasteiger partial charge in [0.1, 0.15) is 11.5 Å². The van der Waals surface area contributed by atoms with E-state index in [0.717, 1.165) is 5.75 Å². The Kier molecular flexibility index (Phi) is 6.53. The molecule has 24 heavy (non-hydrogen) atoms. The number of anilines is 1. The minimum atomic E-state index is -0.280. The number of ether oxygens (including phenoxy) is 2. The van der Waals surface area contributed by atoms with Crippen LogP contribution in [0.1, 0.15) is 12.5 Å². The molecule has 0 aromatic heterocycles. The lowest BCUT2D eigenvalue weighted by atomic mass is 10.2. The zero-order valence-electron chi connectivity index (χ0n) is 13.3. The van der Waals surface area contributed by atoms with E-state index in [1.807, 2.05) is 6.92 Å². The number of hydrogen-bond acceptors (Lipinski definition) is 3. The average molecular weight is 366 g/mol. The quantitative estimate of drug-likeness (QED) is 0.728. The zero-order chi connectivity index (χ0) is 17.5. The number of nitrogens with one attached hydrogen (secondary N) is 1. The molecule has 0 spiro atoms. The Morgan fingerprint density at radius 2 is 1.92 bits per heavy atom. The van der Waals surface area contributed by atoms with Gasteiger partial charge in [-0.25, -0.2) is 0 Å². The van der Waals surface area contributed by atoms with Crippen molar-refractivity contribution < 1.29 is 14.3 Å². The predicted octanol–water partition coefficient (Wildman–Crippen LogP) is 5.05. The van der Waals surface area contributed by atoms with Crippen LogP contribution in [0.5, 0.6) is 11.5 Å². The first kappa shape index (κ1) is 18.2. The summed E-state index contributed by atoms with van der Waals surface area (Å²) in [7, 11) is 1.51. The molecule has 2 aromatic rings. The minimum absolute atomic E-state index is 0.280. The van der Waals surface area contributed by atoms with E-state index in [2.05, 4.69) is 5.32 Å². The summed E-state index contributed by atoms with van der Waals surface area (Å²) in [6.45, 7) is 2.51. The van der Waals surface area contributed by atoms with Crippen molar-refractivity contribution in [1.29, 1.82) is 0 Å². The largest absolute Gasteiger partial charge is 0.495 e. The highest BCUT2D eigenvalue weighted by molar-refractivity contribution is 6.36. The monoisotopic (exact) mass is 365 g/mol. The van der Waals surface area contributed by atoms with Crippen molar-refractivity contribution in [3.8, 4) is 11.5 Å². The molecule has 4 nitrogen and oxygen atoms in total. The van der Waals surface area contributed by atoms with Crippen LogP contribution >= 0.6 is 23.2 Å². The van der Waals surface area contributed by atoms with E-state index >= 15 is 0 Å². The molecule has 0 atom stereocenters. The molecule has 0 unspecified atom stereocenters. The summed E-state index contributed by atoms with van der Waals surface area (Å²) in [5.41, 5.74) is 1.29. The molecule has 0 aliphatic rings. The lowest BCUT2D eigenvalue weighted by molar-refractivity contribution is -0.111. The van der Waals surface area contributed by atoms with Crippen LogP contribution in [-0.4, -0.2) is 19.6 Å². The molecule has 0 heterocycles. The highest BCUT2D eigenvalue weighted by atomic mass is 35.5. The van der Waals surface area contributed by atoms with E-state index < -0.39 is 0 Å². The molecule has 1 N–H and O–H groups in total. The Bertz CT molecular complexity index is 743. The number of carbonyl (C=O) groups is 1. The fourth-order valence-electron chi connectivity index (χ4n) is 2.07. The van der Waals surface area contributed by atoms with Gasteiger partial charge < -0.3 is 14.8 Å². The maximum Gasteiger partial charge on any atom is 0.248 e. The van der Waals surface area contributed by atoms with Crippen LogP contribution in [0.15, 0.2) is 42.5 Å². The van der Waals surface area contributed by atoms with Crippen molar-refractivity contribution >= 4 is 40.9 Å². The molecular weight excluding hydrogens is 349 g/mol. The van der Waals surface area contributed by atoms with Crippen LogP contribution in [0.2, 0.25) is 10.0 Å². The van der Waals surface area contributed by atoms with Gasteiger partial charge in [-0.1, -0.05) is 23.2 Å². The first-order valence-electron chi connectivity index (χ1n) is 7.28. The second-order valence-electron chi connectivity index (χ2n) is 4.79. The summed E-state index contributed by atoms with van der Waals surface area (Å²) in [6.07, 6.45) is 2.99. The molecule has 0 saturated carbocycles. The normalized spacial score (nSPS) is 10.7. The number of amides is 1. The molecule has 2 rings (SSSR count). The van der Waals surface area contributed by atoms with Gasteiger partial charge in [0.05, 0.1) is 18.7 Å². The number of hydrogen-bond donors (Lipinski definition) is 1. The molecule has 1 amide bonds. The third kappa shape index (κ3) is 4.91. The van der Waals surface area contributed by atoms with Gasteiger partial charge in [-0.3, -0.25) is 4.79 Å². The van der Waals surface area contributed by atoms with Gasteiger partial charge in [0, 0.05) is 22.3 Å². The van der Waals surface area contributed by atoms with E-state index in [1.54, 1.807) is 42.5 Å². The maximum absolute atomic E-state index is 12.0. The van der Waals surface area contributed by atoms with Crippen molar-refractivity contribution in [1.82, 2.24) is 0 Å². The highest BCUT2D eigenvalue weighted by Gasteiger charge is 2.08. The van der Waals surface area contributed by atoms with Crippen LogP contribution in [0.4, 0.5) is 5.69 Å². The lowest BCUT2D eigenvalue weighted by Gasteiger charge is -2.08. The highest BCUT2D eigenvalue weighted by Crippen LogP contribution is 2.32. The Balaban J connectivity index is 2.08. The summed E-state index contributed by atoms with van der Waals surface area (Å²) in [4.78, 5) is 12.0. The van der Waals surface area contributed by atoms with Crippen molar-refractivity contribution in [3.05, 3.63) is 58.1 Å². The summed E-state index contributed by atoms with van der Waals surface area (Å²) in [6, 6.07) is 10.4. The standard InChI is InChI=1S/C18H17Cl2NO3/c1-3-24-15-7-5-14(6-8-15)21-17(22)9-4-12-10-13(19)11-16(20)18(12)23-2/h4-11H,3H2,1-2H3,(H,21,22)/b9-4+. The van der Waals surface area contributed by atoms with Crippen molar-refractivity contribution in [2.24, 2.45) is 0 Å². The maximum atomic E-state index is 12.0. The number of carbonyl (C=O) groups excluding carboxylic acids is 1. The molecule has 0 saturated heterocycles. The van der Waals surface area contributed by atoms with Crippen LogP contribution in [0, 0.1) is 0 Å².